The average molecular weight is 684 g/mol. The average Bonchev–Trinajstić information content (AvgIpc) is 3.16. The van der Waals surface area contributed by atoms with Gasteiger partial charge in [0.2, 0.25) is 0 Å². The van der Waals surface area contributed by atoms with E-state index in [2.05, 4.69) is 89.7 Å². The molecule has 2 N–H and O–H groups in total. The summed E-state index contributed by atoms with van der Waals surface area (Å²) in [6.07, 6.45) is 2.56. The summed E-state index contributed by atoms with van der Waals surface area (Å²) in [5.74, 6) is -0.0283. The number of benzene rings is 4. The number of carbonyl (C=O) groups excluding carboxylic acids is 2. The van der Waals surface area contributed by atoms with E-state index in [0.717, 1.165) is 42.4 Å². The molecule has 0 amide bonds. The fourth-order valence-corrected chi connectivity index (χ4v) is 5.06. The predicted octanol–water partition coefficient (Wildman–Crippen LogP) is 8.72. The molecule has 0 unspecified atom stereocenters. The summed E-state index contributed by atoms with van der Waals surface area (Å²) in [7, 11) is 1.00. The zero-order valence-corrected chi connectivity index (χ0v) is 29.2. The number of ether oxygens (including phenoxy) is 4. The number of hydrogen-bond donors (Lipinski definition) is 2. The Bertz CT molecular complexity index is 1580. The van der Waals surface area contributed by atoms with E-state index in [1.54, 1.807) is 13.8 Å². The van der Waals surface area contributed by atoms with Gasteiger partial charge in [-0.2, -0.15) is 0 Å². The van der Waals surface area contributed by atoms with Crippen molar-refractivity contribution in [2.45, 2.75) is 61.2 Å². The molecule has 1 aliphatic rings. The molecule has 0 bridgehead atoms. The van der Waals surface area contributed by atoms with Crippen LogP contribution in [-0.2, 0) is 43.4 Å². The number of fused-ring (bicyclic) bond motifs is 1. The van der Waals surface area contributed by atoms with Crippen molar-refractivity contribution in [2.24, 2.45) is 0 Å². The van der Waals surface area contributed by atoms with Crippen LogP contribution >= 0.6 is 0 Å². The molecule has 4 aromatic carbocycles. The molecule has 0 spiro atoms. The molecule has 0 radical (unpaired) electrons. The van der Waals surface area contributed by atoms with E-state index < -0.39 is 5.97 Å². The van der Waals surface area contributed by atoms with Gasteiger partial charge in [0.25, 0.3) is 0 Å². The lowest BCUT2D eigenvalue weighted by Crippen LogP contribution is -2.12. The highest BCUT2D eigenvalue weighted by molar-refractivity contribution is 6.21. The van der Waals surface area contributed by atoms with E-state index in [-0.39, 0.29) is 20.0 Å². The molecule has 4 aromatic rings. The molecule has 0 saturated heterocycles. The van der Waals surface area contributed by atoms with Crippen molar-refractivity contribution < 1.29 is 33.6 Å². The normalized spacial score (nSPS) is 10.9. The van der Waals surface area contributed by atoms with Gasteiger partial charge in [-0.1, -0.05) is 112 Å². The fraction of sp³-hybridized carbons (Fsp3) is 0.310. The minimum Gasteiger partial charge on any atom is -0.489 e. The molecule has 0 saturated carbocycles. The Labute approximate surface area is 298 Å². The third kappa shape index (κ3) is 13.8. The first-order valence-corrected chi connectivity index (χ1v) is 16.6. The summed E-state index contributed by atoms with van der Waals surface area (Å²) in [5, 5.41) is 13.3. The van der Waals surface area contributed by atoms with E-state index >= 15 is 0 Å². The van der Waals surface area contributed by atoms with Crippen molar-refractivity contribution >= 4 is 29.3 Å². The van der Waals surface area contributed by atoms with Crippen molar-refractivity contribution in [1.29, 1.82) is 5.41 Å². The molecule has 0 atom stereocenters. The molecule has 0 heterocycles. The number of esters is 2. The Morgan fingerprint density at radius 3 is 1.92 bits per heavy atom. The first-order chi connectivity index (χ1) is 24.0. The molecule has 268 valence electrons. The van der Waals surface area contributed by atoms with Gasteiger partial charge in [-0.3, -0.25) is 0 Å². The van der Waals surface area contributed by atoms with E-state index in [9.17, 15) is 9.59 Å². The molecular formula is C42H53NO7. The number of allylic oxidation sites excluding steroid dienone is 1. The summed E-state index contributed by atoms with van der Waals surface area (Å²) in [6, 6.07) is 35.8. The van der Waals surface area contributed by atoms with Crippen LogP contribution in [-0.4, -0.2) is 50.2 Å². The van der Waals surface area contributed by atoms with Crippen LogP contribution in [0.5, 0.6) is 5.75 Å². The van der Waals surface area contributed by atoms with Crippen LogP contribution in [0.1, 0.15) is 74.9 Å². The van der Waals surface area contributed by atoms with E-state index in [1.807, 2.05) is 32.0 Å². The summed E-state index contributed by atoms with van der Waals surface area (Å²) in [4.78, 5) is 21.5. The molecule has 8 heteroatoms. The van der Waals surface area contributed by atoms with Gasteiger partial charge >= 0.3 is 11.9 Å². The van der Waals surface area contributed by atoms with Gasteiger partial charge in [-0.15, -0.1) is 0 Å². The maximum atomic E-state index is 11.6. The number of aryl methyl sites for hydroxylation is 1. The Hall–Kier alpha value is -5.05. The molecule has 8 nitrogen and oxygen atoms in total. The number of hydrogen-bond acceptors (Lipinski definition) is 8. The van der Waals surface area contributed by atoms with Gasteiger partial charge in [0, 0.05) is 7.11 Å². The van der Waals surface area contributed by atoms with Crippen LogP contribution in [0.15, 0.2) is 103 Å². The van der Waals surface area contributed by atoms with Crippen molar-refractivity contribution in [3.8, 4) is 5.75 Å². The van der Waals surface area contributed by atoms with Crippen molar-refractivity contribution in [3.63, 3.8) is 0 Å². The van der Waals surface area contributed by atoms with Gasteiger partial charge in [0.05, 0.1) is 19.8 Å². The van der Waals surface area contributed by atoms with Crippen LogP contribution in [0, 0.1) is 5.41 Å². The standard InChI is InChI=1S/C34H32O4.C4H7NO2.C2H6.CH4O.CH4/c1-2-37-33(35)24-36-22-26-13-15-28(16-14-26)34-31(27-11-7-4-8-12-27)19-17-29-21-30(18-20-32(29)34)38-23-25-9-5-3-6-10-25;1-2-7-4(6)3-5;2*1-2;/h3-16,18,20-21H,2,17,19,22-24H2,1H3;3,5H,2H2,1H3;1-2H3;2H,1H3;1H4. The molecule has 50 heavy (non-hydrogen) atoms. The topological polar surface area (TPSA) is 115 Å². The highest BCUT2D eigenvalue weighted by atomic mass is 16.6. The van der Waals surface area contributed by atoms with E-state index in [0.29, 0.717) is 32.6 Å². The van der Waals surface area contributed by atoms with Gasteiger partial charge in [0.15, 0.2) is 0 Å². The molecule has 1 aliphatic carbocycles. The number of aliphatic hydroxyl groups excluding tert-OH is 1. The van der Waals surface area contributed by atoms with Crippen LogP contribution in [0.4, 0.5) is 0 Å². The minimum absolute atomic E-state index is 0. The zero-order valence-electron chi connectivity index (χ0n) is 29.2. The lowest BCUT2D eigenvalue weighted by Gasteiger charge is -2.25. The second-order valence-corrected chi connectivity index (χ2v) is 10.2. The minimum atomic E-state index is -0.581. The predicted molar refractivity (Wildman–Crippen MR) is 202 cm³/mol. The van der Waals surface area contributed by atoms with Gasteiger partial charge in [0.1, 0.15) is 25.2 Å². The van der Waals surface area contributed by atoms with Crippen molar-refractivity contribution in [1.82, 2.24) is 0 Å². The summed E-state index contributed by atoms with van der Waals surface area (Å²) in [6.45, 7) is 9.06. The Morgan fingerprint density at radius 1 is 0.740 bits per heavy atom. The summed E-state index contributed by atoms with van der Waals surface area (Å²) >= 11 is 0. The van der Waals surface area contributed by atoms with Crippen LogP contribution < -0.4 is 4.74 Å². The fourth-order valence-electron chi connectivity index (χ4n) is 5.06. The largest absolute Gasteiger partial charge is 0.489 e. The van der Waals surface area contributed by atoms with Crippen LogP contribution in [0.25, 0.3) is 11.1 Å². The summed E-state index contributed by atoms with van der Waals surface area (Å²) in [5.41, 5.74) is 9.73. The second kappa shape index (κ2) is 25.0. The van der Waals surface area contributed by atoms with E-state index in [1.165, 1.54) is 27.8 Å². The van der Waals surface area contributed by atoms with Gasteiger partial charge in [-0.25, -0.2) is 9.59 Å². The second-order valence-electron chi connectivity index (χ2n) is 10.2. The maximum Gasteiger partial charge on any atom is 0.348 e. The SMILES string of the molecule is C.CC.CCOC(=O)C=N.CCOC(=O)COCc1ccc(C2=C(c3ccccc3)CCc3cc(OCc4ccccc4)ccc32)cc1.CO. The Kier molecular flexibility index (Phi) is 21.5. The number of rotatable bonds is 12. The van der Waals surface area contributed by atoms with Crippen LogP contribution in [0.3, 0.4) is 0 Å². The summed E-state index contributed by atoms with van der Waals surface area (Å²) < 4.78 is 20.9. The molecule has 0 aliphatic heterocycles. The smallest absolute Gasteiger partial charge is 0.348 e. The van der Waals surface area contributed by atoms with Gasteiger partial charge in [-0.05, 0) is 83.3 Å². The number of aliphatic hydroxyl groups is 1. The highest BCUT2D eigenvalue weighted by Gasteiger charge is 2.22. The lowest BCUT2D eigenvalue weighted by molar-refractivity contribution is -0.148. The molecule has 0 fully saturated rings. The maximum absolute atomic E-state index is 11.6. The van der Waals surface area contributed by atoms with Crippen molar-refractivity contribution in [3.05, 3.63) is 137 Å². The quantitative estimate of drug-likeness (QED) is 0.113. The first-order valence-electron chi connectivity index (χ1n) is 16.6. The Balaban J connectivity index is 0.000000920. The lowest BCUT2D eigenvalue weighted by atomic mass is 9.79. The molecular weight excluding hydrogens is 630 g/mol. The first kappa shape index (κ1) is 43.0. The third-order valence-corrected chi connectivity index (χ3v) is 7.10. The molecule has 5 rings (SSSR count). The van der Waals surface area contributed by atoms with Crippen LogP contribution in [0.2, 0.25) is 0 Å². The number of nitrogens with one attached hydrogen (secondary N) is 1. The van der Waals surface area contributed by atoms with E-state index in [4.69, 9.17) is 24.7 Å². The monoisotopic (exact) mass is 683 g/mol. The molecule has 0 aromatic heterocycles. The highest BCUT2D eigenvalue weighted by Crippen LogP contribution is 2.42. The van der Waals surface area contributed by atoms with Crippen molar-refractivity contribution in [2.75, 3.05) is 26.9 Å². The number of carbonyl (C=O) groups is 2. The third-order valence-electron chi connectivity index (χ3n) is 7.10. The Morgan fingerprint density at radius 2 is 1.34 bits per heavy atom. The zero-order chi connectivity index (χ0) is 35.9. The van der Waals surface area contributed by atoms with Gasteiger partial charge < -0.3 is 29.5 Å².